The molecule has 17 heavy (non-hydrogen) atoms. The lowest BCUT2D eigenvalue weighted by atomic mass is 10.0. The molecule has 0 aliphatic rings. The first-order chi connectivity index (χ1) is 8.22. The average molecular weight is 230 g/mol. The molecule has 0 radical (unpaired) electrons. The molecule has 0 fully saturated rings. The van der Waals surface area contributed by atoms with Crippen LogP contribution in [0.15, 0.2) is 36.4 Å². The Balaban J connectivity index is 2.45. The van der Waals surface area contributed by atoms with Crippen LogP contribution in [0.2, 0.25) is 0 Å². The summed E-state index contributed by atoms with van der Waals surface area (Å²) in [4.78, 5) is 11.1. The highest BCUT2D eigenvalue weighted by molar-refractivity contribution is 6.00. The first-order valence-electron chi connectivity index (χ1n) is 5.50. The number of aliphatic hydroxyl groups is 1. The number of carbonyl (C=O) groups is 1. The van der Waals surface area contributed by atoms with Gasteiger partial charge in [0.1, 0.15) is 12.4 Å². The highest BCUT2D eigenvalue weighted by atomic mass is 16.5. The fraction of sp³-hybridized carbons (Fsp3) is 0.214. The maximum atomic E-state index is 11.1. The second kappa shape index (κ2) is 4.97. The number of fused-ring (bicyclic) bond motifs is 1. The number of aliphatic hydroxyl groups excluding tert-OH is 1. The predicted molar refractivity (Wildman–Crippen MR) is 66.5 cm³/mol. The van der Waals surface area contributed by atoms with Crippen LogP contribution in [0.4, 0.5) is 0 Å². The van der Waals surface area contributed by atoms with E-state index in [-0.39, 0.29) is 6.61 Å². The Hall–Kier alpha value is -1.87. The number of benzene rings is 2. The smallest absolute Gasteiger partial charge is 0.154 e. The predicted octanol–water partition coefficient (Wildman–Crippen LogP) is 2.41. The van der Waals surface area contributed by atoms with Gasteiger partial charge in [0.2, 0.25) is 0 Å². The molecule has 0 bridgehead atoms. The minimum Gasteiger partial charge on any atom is -0.490 e. The summed E-state index contributed by atoms with van der Waals surface area (Å²) in [5.41, 5.74) is 0.531. The van der Waals surface area contributed by atoms with Crippen LogP contribution in [-0.2, 0) is 0 Å². The van der Waals surface area contributed by atoms with Crippen LogP contribution in [-0.4, -0.2) is 24.1 Å². The third-order valence-corrected chi connectivity index (χ3v) is 2.53. The summed E-state index contributed by atoms with van der Waals surface area (Å²) in [7, 11) is 0. The lowest BCUT2D eigenvalue weighted by Gasteiger charge is -2.11. The monoisotopic (exact) mass is 230 g/mol. The van der Waals surface area contributed by atoms with Crippen molar-refractivity contribution in [3.05, 3.63) is 42.0 Å². The number of ether oxygens (including phenoxy) is 1. The normalized spacial score (nSPS) is 12.4. The second-order valence-electron chi connectivity index (χ2n) is 3.98. The Morgan fingerprint density at radius 3 is 2.76 bits per heavy atom. The standard InChI is InChI=1S/C14H14O3/c1-10(16)9-17-14-7-6-11-4-2-3-5-12(11)13(14)8-15/h2-8,10,16H,9H2,1H3. The quantitative estimate of drug-likeness (QED) is 0.820. The summed E-state index contributed by atoms with van der Waals surface area (Å²) < 4.78 is 5.42. The minimum atomic E-state index is -0.555. The van der Waals surface area contributed by atoms with Gasteiger partial charge in [-0.05, 0) is 23.8 Å². The molecule has 1 N–H and O–H groups in total. The van der Waals surface area contributed by atoms with Crippen molar-refractivity contribution < 1.29 is 14.6 Å². The van der Waals surface area contributed by atoms with Gasteiger partial charge in [0.25, 0.3) is 0 Å². The molecular weight excluding hydrogens is 216 g/mol. The number of hydrogen-bond donors (Lipinski definition) is 1. The summed E-state index contributed by atoms with van der Waals surface area (Å²) in [5.74, 6) is 0.514. The van der Waals surface area contributed by atoms with E-state index in [1.807, 2.05) is 30.3 Å². The molecule has 0 saturated carbocycles. The molecule has 1 atom stereocenters. The van der Waals surface area contributed by atoms with Gasteiger partial charge in [0.15, 0.2) is 6.29 Å². The van der Waals surface area contributed by atoms with E-state index in [1.165, 1.54) is 0 Å². The SMILES string of the molecule is CC(O)COc1ccc2ccccc2c1C=O. The average Bonchev–Trinajstić information content (AvgIpc) is 2.35. The van der Waals surface area contributed by atoms with Gasteiger partial charge in [-0.15, -0.1) is 0 Å². The zero-order chi connectivity index (χ0) is 12.3. The van der Waals surface area contributed by atoms with Gasteiger partial charge in [-0.3, -0.25) is 4.79 Å². The van der Waals surface area contributed by atoms with Crippen LogP contribution < -0.4 is 4.74 Å². The van der Waals surface area contributed by atoms with E-state index in [0.717, 1.165) is 17.1 Å². The Morgan fingerprint density at radius 2 is 2.06 bits per heavy atom. The first-order valence-corrected chi connectivity index (χ1v) is 5.50. The second-order valence-corrected chi connectivity index (χ2v) is 3.98. The zero-order valence-electron chi connectivity index (χ0n) is 9.59. The van der Waals surface area contributed by atoms with E-state index < -0.39 is 6.10 Å². The molecular formula is C14H14O3. The van der Waals surface area contributed by atoms with Crippen molar-refractivity contribution in [3.63, 3.8) is 0 Å². The van der Waals surface area contributed by atoms with Gasteiger partial charge >= 0.3 is 0 Å². The molecule has 2 rings (SSSR count). The van der Waals surface area contributed by atoms with Crippen LogP contribution >= 0.6 is 0 Å². The van der Waals surface area contributed by atoms with Gasteiger partial charge in [0, 0.05) is 0 Å². The summed E-state index contributed by atoms with van der Waals surface area (Å²) in [6.07, 6.45) is 0.237. The summed E-state index contributed by atoms with van der Waals surface area (Å²) in [5, 5.41) is 11.0. The molecule has 1 unspecified atom stereocenters. The molecule has 3 heteroatoms. The van der Waals surface area contributed by atoms with Crippen molar-refractivity contribution in [2.24, 2.45) is 0 Å². The van der Waals surface area contributed by atoms with Crippen LogP contribution in [0.25, 0.3) is 10.8 Å². The fourth-order valence-electron chi connectivity index (χ4n) is 1.73. The third-order valence-electron chi connectivity index (χ3n) is 2.53. The highest BCUT2D eigenvalue weighted by Gasteiger charge is 2.08. The van der Waals surface area contributed by atoms with Crippen molar-refractivity contribution >= 4 is 17.1 Å². The fourth-order valence-corrected chi connectivity index (χ4v) is 1.73. The molecule has 0 aliphatic heterocycles. The summed E-state index contributed by atoms with van der Waals surface area (Å²) in [6, 6.07) is 11.3. The van der Waals surface area contributed by atoms with Crippen molar-refractivity contribution in [2.45, 2.75) is 13.0 Å². The van der Waals surface area contributed by atoms with Gasteiger partial charge in [-0.25, -0.2) is 0 Å². The molecule has 88 valence electrons. The number of hydrogen-bond acceptors (Lipinski definition) is 3. The molecule has 0 amide bonds. The number of aldehydes is 1. The molecule has 0 saturated heterocycles. The van der Waals surface area contributed by atoms with Crippen LogP contribution in [0.1, 0.15) is 17.3 Å². The molecule has 0 aliphatic carbocycles. The minimum absolute atomic E-state index is 0.180. The zero-order valence-corrected chi connectivity index (χ0v) is 9.59. The van der Waals surface area contributed by atoms with Gasteiger partial charge in [-0.1, -0.05) is 30.3 Å². The van der Waals surface area contributed by atoms with E-state index in [1.54, 1.807) is 13.0 Å². The van der Waals surface area contributed by atoms with Crippen LogP contribution in [0.3, 0.4) is 0 Å². The van der Waals surface area contributed by atoms with Crippen molar-refractivity contribution in [3.8, 4) is 5.75 Å². The van der Waals surface area contributed by atoms with E-state index in [4.69, 9.17) is 4.74 Å². The summed E-state index contributed by atoms with van der Waals surface area (Å²) in [6.45, 7) is 1.82. The van der Waals surface area contributed by atoms with Crippen molar-refractivity contribution in [1.29, 1.82) is 0 Å². The lowest BCUT2D eigenvalue weighted by molar-refractivity contribution is 0.109. The topological polar surface area (TPSA) is 46.5 Å². The third kappa shape index (κ3) is 2.45. The van der Waals surface area contributed by atoms with Crippen LogP contribution in [0, 0.1) is 0 Å². The maximum Gasteiger partial charge on any atom is 0.154 e. The van der Waals surface area contributed by atoms with Crippen molar-refractivity contribution in [1.82, 2.24) is 0 Å². The van der Waals surface area contributed by atoms with Crippen LogP contribution in [0.5, 0.6) is 5.75 Å². The molecule has 0 heterocycles. The molecule has 2 aromatic carbocycles. The molecule has 0 aromatic heterocycles. The van der Waals surface area contributed by atoms with Crippen molar-refractivity contribution in [2.75, 3.05) is 6.61 Å². The van der Waals surface area contributed by atoms with Gasteiger partial charge < -0.3 is 9.84 Å². The van der Waals surface area contributed by atoms with E-state index in [2.05, 4.69) is 0 Å². The number of rotatable bonds is 4. The maximum absolute atomic E-state index is 11.1. The highest BCUT2D eigenvalue weighted by Crippen LogP contribution is 2.26. The Kier molecular flexibility index (Phi) is 3.40. The van der Waals surface area contributed by atoms with Gasteiger partial charge in [-0.2, -0.15) is 0 Å². The largest absolute Gasteiger partial charge is 0.490 e. The lowest BCUT2D eigenvalue weighted by Crippen LogP contribution is -2.13. The molecule has 0 spiro atoms. The van der Waals surface area contributed by atoms with E-state index >= 15 is 0 Å². The Bertz CT molecular complexity index is 532. The number of carbonyl (C=O) groups excluding carboxylic acids is 1. The van der Waals surface area contributed by atoms with E-state index in [0.29, 0.717) is 11.3 Å². The summed E-state index contributed by atoms with van der Waals surface area (Å²) >= 11 is 0. The first kappa shape index (κ1) is 11.6. The molecule has 2 aromatic rings. The Morgan fingerprint density at radius 1 is 1.29 bits per heavy atom. The van der Waals surface area contributed by atoms with E-state index in [9.17, 15) is 9.90 Å². The Labute approximate surface area is 99.6 Å². The van der Waals surface area contributed by atoms with Gasteiger partial charge in [0.05, 0.1) is 11.7 Å². The molecule has 3 nitrogen and oxygen atoms in total.